The summed E-state index contributed by atoms with van der Waals surface area (Å²) in [4.78, 5) is 0. The molecule has 1 atom stereocenters. The Balaban J connectivity index is 2.17. The highest BCUT2D eigenvalue weighted by Crippen LogP contribution is 2.29. The van der Waals surface area contributed by atoms with Crippen molar-refractivity contribution in [1.29, 1.82) is 0 Å². The smallest absolute Gasteiger partial charge is 0.247 e. The summed E-state index contributed by atoms with van der Waals surface area (Å²) in [6.45, 7) is 0.815. The maximum Gasteiger partial charge on any atom is 0.247 e. The second-order valence-electron chi connectivity index (χ2n) is 3.48. The Labute approximate surface area is 97.1 Å². The molecule has 0 aromatic carbocycles. The van der Waals surface area contributed by atoms with Gasteiger partial charge in [-0.25, -0.2) is 0 Å². The summed E-state index contributed by atoms with van der Waals surface area (Å²) < 4.78 is 11.5. The van der Waals surface area contributed by atoms with E-state index in [9.17, 15) is 0 Å². The average molecular weight is 273 g/mol. The second kappa shape index (κ2) is 4.90. The molecule has 1 saturated heterocycles. The molecule has 0 spiro atoms. The summed E-state index contributed by atoms with van der Waals surface area (Å²) in [6.07, 6.45) is 3.44. The van der Waals surface area contributed by atoms with E-state index in [2.05, 4.69) is 26.1 Å². The molecule has 4 nitrogen and oxygen atoms in total. The predicted octanol–water partition coefficient (Wildman–Crippen LogP) is 2.49. The first-order chi connectivity index (χ1) is 7.31. The zero-order chi connectivity index (χ0) is 10.7. The van der Waals surface area contributed by atoms with E-state index in [4.69, 9.17) is 9.47 Å². The van der Waals surface area contributed by atoms with Gasteiger partial charge in [-0.3, -0.25) is 0 Å². The van der Waals surface area contributed by atoms with Gasteiger partial charge in [-0.15, -0.1) is 10.2 Å². The number of ether oxygens (including phenoxy) is 2. The lowest BCUT2D eigenvalue weighted by atomic mass is 10.1. The highest BCUT2D eigenvalue weighted by molar-refractivity contribution is 9.10. The van der Waals surface area contributed by atoms with Gasteiger partial charge in [-0.05, 0) is 41.3 Å². The summed E-state index contributed by atoms with van der Waals surface area (Å²) in [7, 11) is 1.57. The van der Waals surface area contributed by atoms with Crippen molar-refractivity contribution in [2.45, 2.75) is 25.4 Å². The van der Waals surface area contributed by atoms with Crippen LogP contribution in [0.4, 0.5) is 0 Å². The fourth-order valence-electron chi connectivity index (χ4n) is 1.64. The maximum absolute atomic E-state index is 5.63. The van der Waals surface area contributed by atoms with Gasteiger partial charge in [0.1, 0.15) is 6.10 Å². The van der Waals surface area contributed by atoms with Crippen molar-refractivity contribution in [2.24, 2.45) is 0 Å². The molecule has 0 radical (unpaired) electrons. The third-order valence-corrected chi connectivity index (χ3v) is 3.01. The first kappa shape index (κ1) is 10.8. The van der Waals surface area contributed by atoms with E-state index in [0.29, 0.717) is 5.88 Å². The topological polar surface area (TPSA) is 44.2 Å². The molecule has 5 heteroatoms. The van der Waals surface area contributed by atoms with Crippen LogP contribution >= 0.6 is 15.9 Å². The molecule has 1 unspecified atom stereocenters. The normalized spacial score (nSPS) is 21.3. The minimum Gasteiger partial charge on any atom is -0.479 e. The Bertz CT molecular complexity index is 340. The Morgan fingerprint density at radius 3 is 2.93 bits per heavy atom. The van der Waals surface area contributed by atoms with Gasteiger partial charge in [-0.1, -0.05) is 0 Å². The fourth-order valence-corrected chi connectivity index (χ4v) is 2.12. The zero-order valence-corrected chi connectivity index (χ0v) is 10.2. The standard InChI is InChI=1S/C10H13BrN2O2/c1-14-10-7(11)6-8(12-13-10)9-4-2-3-5-15-9/h6,9H,2-5H2,1H3. The first-order valence-corrected chi connectivity index (χ1v) is 5.79. The van der Waals surface area contributed by atoms with E-state index >= 15 is 0 Å². The highest BCUT2D eigenvalue weighted by Gasteiger charge is 2.19. The summed E-state index contributed by atoms with van der Waals surface area (Å²) in [5, 5.41) is 8.08. The van der Waals surface area contributed by atoms with Crippen LogP contribution in [0.3, 0.4) is 0 Å². The molecule has 0 amide bonds. The second-order valence-corrected chi connectivity index (χ2v) is 4.34. The molecule has 0 N–H and O–H groups in total. The van der Waals surface area contributed by atoms with Crippen molar-refractivity contribution in [3.8, 4) is 5.88 Å². The van der Waals surface area contributed by atoms with E-state index in [1.54, 1.807) is 7.11 Å². The third-order valence-electron chi connectivity index (χ3n) is 2.44. The van der Waals surface area contributed by atoms with Gasteiger partial charge in [0.2, 0.25) is 5.88 Å². The Morgan fingerprint density at radius 2 is 2.33 bits per heavy atom. The molecular formula is C10H13BrN2O2. The van der Waals surface area contributed by atoms with Crippen LogP contribution in [0.15, 0.2) is 10.5 Å². The van der Waals surface area contributed by atoms with E-state index in [0.717, 1.165) is 29.6 Å². The molecule has 82 valence electrons. The van der Waals surface area contributed by atoms with Gasteiger partial charge >= 0.3 is 0 Å². The number of hydrogen-bond donors (Lipinski definition) is 0. The summed E-state index contributed by atoms with van der Waals surface area (Å²) in [5.74, 6) is 0.509. The summed E-state index contributed by atoms with van der Waals surface area (Å²) >= 11 is 3.39. The van der Waals surface area contributed by atoms with Crippen LogP contribution in [0.25, 0.3) is 0 Å². The van der Waals surface area contributed by atoms with Crippen LogP contribution in [0, 0.1) is 0 Å². The minimum atomic E-state index is 0.0912. The van der Waals surface area contributed by atoms with Gasteiger partial charge in [0.15, 0.2) is 0 Å². The lowest BCUT2D eigenvalue weighted by Gasteiger charge is -2.21. The van der Waals surface area contributed by atoms with Gasteiger partial charge in [0, 0.05) is 6.61 Å². The molecule has 0 aliphatic carbocycles. The van der Waals surface area contributed by atoms with E-state index in [-0.39, 0.29) is 6.10 Å². The minimum absolute atomic E-state index is 0.0912. The quantitative estimate of drug-likeness (QED) is 0.830. The van der Waals surface area contributed by atoms with Crippen LogP contribution in [0.2, 0.25) is 0 Å². The van der Waals surface area contributed by atoms with Crippen LogP contribution in [0.1, 0.15) is 31.1 Å². The molecule has 1 fully saturated rings. The fraction of sp³-hybridized carbons (Fsp3) is 0.600. The molecule has 2 heterocycles. The summed E-state index contributed by atoms with van der Waals surface area (Å²) in [6, 6.07) is 1.92. The number of rotatable bonds is 2. The average Bonchev–Trinajstić information content (AvgIpc) is 2.30. The molecule has 1 aromatic heterocycles. The molecule has 0 saturated carbocycles. The van der Waals surface area contributed by atoms with Gasteiger partial charge < -0.3 is 9.47 Å². The Morgan fingerprint density at radius 1 is 1.47 bits per heavy atom. The van der Waals surface area contributed by atoms with Crippen LogP contribution < -0.4 is 4.74 Å². The Kier molecular flexibility index (Phi) is 3.53. The predicted molar refractivity (Wildman–Crippen MR) is 58.8 cm³/mol. The highest BCUT2D eigenvalue weighted by atomic mass is 79.9. The zero-order valence-electron chi connectivity index (χ0n) is 8.57. The van der Waals surface area contributed by atoms with E-state index in [1.165, 1.54) is 6.42 Å². The van der Waals surface area contributed by atoms with Gasteiger partial charge in [0.25, 0.3) is 0 Å². The number of methoxy groups -OCH3 is 1. The number of nitrogens with zero attached hydrogens (tertiary/aromatic N) is 2. The van der Waals surface area contributed by atoms with Gasteiger partial charge in [0.05, 0.1) is 17.3 Å². The maximum atomic E-state index is 5.63. The SMILES string of the molecule is COc1nnc(C2CCCCO2)cc1Br. The van der Waals surface area contributed by atoms with Crippen LogP contribution in [0.5, 0.6) is 5.88 Å². The van der Waals surface area contributed by atoms with Crippen LogP contribution in [-0.2, 0) is 4.74 Å². The number of aromatic nitrogens is 2. The van der Waals surface area contributed by atoms with Crippen molar-refractivity contribution >= 4 is 15.9 Å². The monoisotopic (exact) mass is 272 g/mol. The number of halogens is 1. The van der Waals surface area contributed by atoms with Crippen molar-refractivity contribution in [3.63, 3.8) is 0 Å². The molecule has 1 aromatic rings. The molecular weight excluding hydrogens is 260 g/mol. The lowest BCUT2D eigenvalue weighted by Crippen LogP contribution is -2.13. The van der Waals surface area contributed by atoms with Crippen molar-refractivity contribution in [2.75, 3.05) is 13.7 Å². The Hall–Kier alpha value is -0.680. The van der Waals surface area contributed by atoms with Crippen molar-refractivity contribution in [3.05, 3.63) is 16.2 Å². The molecule has 1 aliphatic heterocycles. The molecule has 1 aliphatic rings. The molecule has 2 rings (SSSR count). The first-order valence-electron chi connectivity index (χ1n) is 5.00. The van der Waals surface area contributed by atoms with Crippen molar-refractivity contribution in [1.82, 2.24) is 10.2 Å². The van der Waals surface area contributed by atoms with Crippen LogP contribution in [-0.4, -0.2) is 23.9 Å². The molecule has 15 heavy (non-hydrogen) atoms. The lowest BCUT2D eigenvalue weighted by molar-refractivity contribution is 0.0116. The van der Waals surface area contributed by atoms with E-state index < -0.39 is 0 Å². The largest absolute Gasteiger partial charge is 0.479 e. The van der Waals surface area contributed by atoms with E-state index in [1.807, 2.05) is 6.07 Å². The number of hydrogen-bond acceptors (Lipinski definition) is 4. The van der Waals surface area contributed by atoms with Gasteiger partial charge in [-0.2, -0.15) is 0 Å². The van der Waals surface area contributed by atoms with Crippen molar-refractivity contribution < 1.29 is 9.47 Å². The molecule has 0 bridgehead atoms. The third kappa shape index (κ3) is 2.46. The summed E-state index contributed by atoms with van der Waals surface area (Å²) in [5.41, 5.74) is 0.877.